The van der Waals surface area contributed by atoms with Crippen molar-refractivity contribution in [3.63, 3.8) is 0 Å². The molecule has 33 heavy (non-hydrogen) atoms. The number of amides is 1. The van der Waals surface area contributed by atoms with Crippen LogP contribution in [0.4, 0.5) is 5.69 Å². The van der Waals surface area contributed by atoms with E-state index in [2.05, 4.69) is 35.8 Å². The summed E-state index contributed by atoms with van der Waals surface area (Å²) < 4.78 is 1.89. The number of carbonyl (C=O) groups is 1. The fourth-order valence-electron chi connectivity index (χ4n) is 3.90. The quantitative estimate of drug-likeness (QED) is 0.434. The first-order valence-electron chi connectivity index (χ1n) is 10.8. The van der Waals surface area contributed by atoms with E-state index < -0.39 is 0 Å². The van der Waals surface area contributed by atoms with Gasteiger partial charge in [-0.1, -0.05) is 6.07 Å². The predicted molar refractivity (Wildman–Crippen MR) is 126 cm³/mol. The third-order valence-electron chi connectivity index (χ3n) is 5.94. The van der Waals surface area contributed by atoms with Crippen molar-refractivity contribution in [2.45, 2.75) is 38.3 Å². The number of carbonyl (C=O) groups excluding carboxylic acids is 1. The number of hydrogen-bond acceptors (Lipinski definition) is 8. The van der Waals surface area contributed by atoms with Gasteiger partial charge in [-0.25, -0.2) is 15.0 Å². The normalized spacial score (nSPS) is 14.5. The van der Waals surface area contributed by atoms with Crippen molar-refractivity contribution in [1.29, 1.82) is 0 Å². The molecule has 1 aliphatic carbocycles. The molecule has 3 heterocycles. The van der Waals surface area contributed by atoms with E-state index in [0.29, 0.717) is 23.6 Å². The molecule has 1 fully saturated rings. The molecule has 0 atom stereocenters. The zero-order valence-corrected chi connectivity index (χ0v) is 19.3. The summed E-state index contributed by atoms with van der Waals surface area (Å²) in [6.45, 7) is 2.44. The standard InChI is InChI=1S/C23H24N8OS/c1-15-13-33-22(27-15)23(8-4-9-23)28-21(32)16-5-3-6-17(11-16)25-12-19-29-30-20(31(19)2)18-7-10-24-14-26-18/h3,5-7,10-11,13-14,25H,4,8-9,12H2,1-2H3,(H,28,32). The number of thiazole rings is 1. The topological polar surface area (TPSA) is 111 Å². The number of anilines is 1. The molecule has 0 radical (unpaired) electrons. The Kier molecular flexibility index (Phi) is 5.59. The summed E-state index contributed by atoms with van der Waals surface area (Å²) in [7, 11) is 1.90. The van der Waals surface area contributed by atoms with Gasteiger partial charge in [0.1, 0.15) is 17.0 Å². The Morgan fingerprint density at radius 1 is 1.24 bits per heavy atom. The summed E-state index contributed by atoms with van der Waals surface area (Å²) in [5.41, 5.74) is 2.81. The molecule has 5 rings (SSSR count). The number of benzene rings is 1. The molecule has 1 amide bonds. The van der Waals surface area contributed by atoms with Gasteiger partial charge in [-0.2, -0.15) is 0 Å². The van der Waals surface area contributed by atoms with E-state index >= 15 is 0 Å². The second-order valence-corrected chi connectivity index (χ2v) is 9.07. The zero-order chi connectivity index (χ0) is 22.8. The number of nitrogens with zero attached hydrogens (tertiary/aromatic N) is 6. The van der Waals surface area contributed by atoms with Crippen molar-refractivity contribution in [3.05, 3.63) is 70.3 Å². The van der Waals surface area contributed by atoms with E-state index in [-0.39, 0.29) is 11.4 Å². The SMILES string of the molecule is Cc1csc(C2(NC(=O)c3cccc(NCc4nnc(-c5ccncn5)n4C)c3)CCC2)n1. The van der Waals surface area contributed by atoms with E-state index in [1.54, 1.807) is 23.6 Å². The Morgan fingerprint density at radius 2 is 2.12 bits per heavy atom. The first-order chi connectivity index (χ1) is 16.0. The Hall–Kier alpha value is -3.66. The molecule has 3 aromatic heterocycles. The van der Waals surface area contributed by atoms with Crippen LogP contribution in [-0.2, 0) is 19.1 Å². The highest BCUT2D eigenvalue weighted by atomic mass is 32.1. The predicted octanol–water partition coefficient (Wildman–Crippen LogP) is 3.46. The van der Waals surface area contributed by atoms with Crippen molar-refractivity contribution < 1.29 is 4.79 Å². The van der Waals surface area contributed by atoms with Gasteiger partial charge in [0.25, 0.3) is 5.91 Å². The smallest absolute Gasteiger partial charge is 0.252 e. The number of aryl methyl sites for hydroxylation is 1. The summed E-state index contributed by atoms with van der Waals surface area (Å²) in [6, 6.07) is 9.29. The van der Waals surface area contributed by atoms with E-state index in [1.807, 2.05) is 48.2 Å². The van der Waals surface area contributed by atoms with E-state index in [0.717, 1.165) is 41.5 Å². The van der Waals surface area contributed by atoms with E-state index in [1.165, 1.54) is 6.33 Å². The summed E-state index contributed by atoms with van der Waals surface area (Å²) >= 11 is 1.62. The highest BCUT2D eigenvalue weighted by Gasteiger charge is 2.42. The van der Waals surface area contributed by atoms with E-state index in [4.69, 9.17) is 0 Å². The monoisotopic (exact) mass is 460 g/mol. The van der Waals surface area contributed by atoms with E-state index in [9.17, 15) is 4.79 Å². The largest absolute Gasteiger partial charge is 0.378 e. The fourth-order valence-corrected chi connectivity index (χ4v) is 4.91. The molecule has 0 spiro atoms. The molecule has 9 nitrogen and oxygen atoms in total. The lowest BCUT2D eigenvalue weighted by Crippen LogP contribution is -2.50. The van der Waals surface area contributed by atoms with Crippen LogP contribution in [0.25, 0.3) is 11.5 Å². The summed E-state index contributed by atoms with van der Waals surface area (Å²) in [5, 5.41) is 18.1. The molecule has 1 aromatic carbocycles. The number of aromatic nitrogens is 6. The van der Waals surface area contributed by atoms with Crippen molar-refractivity contribution >= 4 is 22.9 Å². The number of rotatable bonds is 7. The highest BCUT2D eigenvalue weighted by molar-refractivity contribution is 7.09. The number of nitrogens with one attached hydrogen (secondary N) is 2. The van der Waals surface area contributed by atoms with Gasteiger partial charge < -0.3 is 15.2 Å². The van der Waals surface area contributed by atoms with Gasteiger partial charge >= 0.3 is 0 Å². The van der Waals surface area contributed by atoms with Crippen LogP contribution in [-0.4, -0.2) is 35.6 Å². The van der Waals surface area contributed by atoms with Gasteiger partial charge in [0.2, 0.25) is 0 Å². The van der Waals surface area contributed by atoms with Gasteiger partial charge in [-0.05, 0) is 50.5 Å². The minimum Gasteiger partial charge on any atom is -0.378 e. The van der Waals surface area contributed by atoms with Crippen LogP contribution < -0.4 is 10.6 Å². The van der Waals surface area contributed by atoms with Crippen molar-refractivity contribution in [2.75, 3.05) is 5.32 Å². The Morgan fingerprint density at radius 3 is 2.82 bits per heavy atom. The lowest BCUT2D eigenvalue weighted by molar-refractivity contribution is 0.0822. The molecule has 10 heteroatoms. The van der Waals surface area contributed by atoms with Crippen LogP contribution in [0.3, 0.4) is 0 Å². The van der Waals surface area contributed by atoms with Crippen molar-refractivity contribution in [3.8, 4) is 11.5 Å². The van der Waals surface area contributed by atoms with Gasteiger partial charge in [0, 0.05) is 35.6 Å². The minimum atomic E-state index is -0.338. The van der Waals surface area contributed by atoms with Gasteiger partial charge in [-0.15, -0.1) is 21.5 Å². The average Bonchev–Trinajstić information content (AvgIpc) is 3.41. The lowest BCUT2D eigenvalue weighted by Gasteiger charge is -2.40. The van der Waals surface area contributed by atoms with Gasteiger partial charge in [0.15, 0.2) is 11.6 Å². The Balaban J connectivity index is 1.27. The van der Waals surface area contributed by atoms with Gasteiger partial charge in [-0.3, -0.25) is 4.79 Å². The first kappa shape index (κ1) is 21.2. The molecule has 1 saturated carbocycles. The molecule has 2 N–H and O–H groups in total. The molecule has 0 aliphatic heterocycles. The van der Waals surface area contributed by atoms with Crippen LogP contribution >= 0.6 is 11.3 Å². The van der Waals surface area contributed by atoms with Crippen molar-refractivity contribution in [2.24, 2.45) is 7.05 Å². The second kappa shape index (κ2) is 8.70. The average molecular weight is 461 g/mol. The third kappa shape index (κ3) is 4.21. The molecule has 1 aliphatic rings. The maximum absolute atomic E-state index is 13.1. The molecule has 0 bridgehead atoms. The fraction of sp³-hybridized carbons (Fsp3) is 0.304. The molecular formula is C23H24N8OS. The maximum atomic E-state index is 13.1. The third-order valence-corrected chi connectivity index (χ3v) is 7.10. The second-order valence-electron chi connectivity index (χ2n) is 8.21. The molecule has 4 aromatic rings. The van der Waals surface area contributed by atoms with Crippen molar-refractivity contribution in [1.82, 2.24) is 35.0 Å². The summed E-state index contributed by atoms with van der Waals surface area (Å²) in [6.07, 6.45) is 6.10. The number of hydrogen-bond donors (Lipinski definition) is 2. The Labute approximate surface area is 195 Å². The summed E-state index contributed by atoms with van der Waals surface area (Å²) in [4.78, 5) is 25.9. The van der Waals surface area contributed by atoms with Gasteiger partial charge in [0.05, 0.1) is 12.1 Å². The Bertz CT molecular complexity index is 1280. The summed E-state index contributed by atoms with van der Waals surface area (Å²) in [5.74, 6) is 1.34. The van der Waals surface area contributed by atoms with Crippen LogP contribution in [0, 0.1) is 6.92 Å². The molecule has 168 valence electrons. The zero-order valence-electron chi connectivity index (χ0n) is 18.4. The minimum absolute atomic E-state index is 0.0871. The highest BCUT2D eigenvalue weighted by Crippen LogP contribution is 2.42. The van der Waals surface area contributed by atoms with Crippen LogP contribution in [0.2, 0.25) is 0 Å². The first-order valence-corrected chi connectivity index (χ1v) is 11.7. The molecular weight excluding hydrogens is 436 g/mol. The molecule has 0 saturated heterocycles. The maximum Gasteiger partial charge on any atom is 0.252 e. The molecule has 0 unspecified atom stereocenters. The van der Waals surface area contributed by atoms with Crippen LogP contribution in [0.1, 0.15) is 46.1 Å². The van der Waals surface area contributed by atoms with Crippen LogP contribution in [0.5, 0.6) is 0 Å². The lowest BCUT2D eigenvalue weighted by atomic mass is 9.77. The van der Waals surface area contributed by atoms with Crippen LogP contribution in [0.15, 0.2) is 48.2 Å².